The van der Waals surface area contributed by atoms with Crippen LogP contribution in [0.1, 0.15) is 23.7 Å². The van der Waals surface area contributed by atoms with Gasteiger partial charge in [0.05, 0.1) is 39.0 Å². The van der Waals surface area contributed by atoms with Crippen molar-refractivity contribution in [3.63, 3.8) is 0 Å². The van der Waals surface area contributed by atoms with E-state index in [1.807, 2.05) is 36.4 Å². The van der Waals surface area contributed by atoms with Crippen molar-refractivity contribution in [2.24, 2.45) is 0 Å². The number of fused-ring (bicyclic) bond motifs is 1. The van der Waals surface area contributed by atoms with Crippen molar-refractivity contribution in [1.29, 1.82) is 0 Å². The first-order chi connectivity index (χ1) is 16.1. The average molecular weight is 469 g/mol. The van der Waals surface area contributed by atoms with Crippen LogP contribution in [0.25, 0.3) is 10.6 Å². The van der Waals surface area contributed by atoms with Crippen LogP contribution in [0.5, 0.6) is 17.2 Å². The second-order valence-electron chi connectivity index (χ2n) is 7.35. The fraction of sp³-hybridized carbons (Fsp3) is 0.292. The summed E-state index contributed by atoms with van der Waals surface area (Å²) in [5.41, 5.74) is 2.36. The normalized spacial score (nSPS) is 14.5. The molecule has 0 bridgehead atoms. The molecular weight excluding hydrogens is 444 g/mol. The van der Waals surface area contributed by atoms with Gasteiger partial charge in [-0.15, -0.1) is 11.3 Å². The minimum atomic E-state index is -0.512. The average Bonchev–Trinajstić information content (AvgIpc) is 3.31. The molecule has 3 aromatic rings. The maximum atomic E-state index is 12.3. The van der Waals surface area contributed by atoms with E-state index in [4.69, 9.17) is 18.9 Å². The highest BCUT2D eigenvalue weighted by molar-refractivity contribution is 7.13. The second kappa shape index (κ2) is 10.4. The van der Waals surface area contributed by atoms with Gasteiger partial charge in [0.25, 0.3) is 5.91 Å². The maximum absolute atomic E-state index is 12.3. The fourth-order valence-electron chi connectivity index (χ4n) is 3.56. The van der Waals surface area contributed by atoms with Gasteiger partial charge in [-0.1, -0.05) is 18.2 Å². The zero-order chi connectivity index (χ0) is 23.2. The molecule has 0 fully saturated rings. The van der Waals surface area contributed by atoms with E-state index in [1.54, 1.807) is 25.7 Å². The molecule has 33 heavy (non-hydrogen) atoms. The quantitative estimate of drug-likeness (QED) is 0.505. The number of carbonyl (C=O) groups excluding carboxylic acids is 2. The standard InChI is InChI=1S/C24H24N2O6S/c1-29-20-8-7-15(11-21(20)30-2)24-25-16(14-33-24)12-23(28)32-13-22(27)26-18-9-10-31-19-6-4-3-5-17(18)19/h3-8,11,14,18H,9-10,12-13H2,1-2H3,(H,26,27). The number of carbonyl (C=O) groups is 2. The Morgan fingerprint density at radius 3 is 2.79 bits per heavy atom. The number of nitrogens with one attached hydrogen (secondary N) is 1. The molecule has 4 rings (SSSR count). The molecular formula is C24H24N2O6S. The molecule has 0 saturated carbocycles. The summed E-state index contributed by atoms with van der Waals surface area (Å²) >= 11 is 1.41. The van der Waals surface area contributed by atoms with E-state index < -0.39 is 5.97 Å². The first kappa shape index (κ1) is 22.6. The third kappa shape index (κ3) is 5.43. The number of thiazole rings is 1. The van der Waals surface area contributed by atoms with Gasteiger partial charge in [0.2, 0.25) is 0 Å². The van der Waals surface area contributed by atoms with Crippen LogP contribution < -0.4 is 19.5 Å². The molecule has 0 saturated heterocycles. The van der Waals surface area contributed by atoms with E-state index >= 15 is 0 Å². The summed E-state index contributed by atoms with van der Waals surface area (Å²) in [7, 11) is 3.15. The van der Waals surface area contributed by atoms with Crippen LogP contribution in [0, 0.1) is 0 Å². The molecule has 1 amide bonds. The Hall–Kier alpha value is -3.59. The van der Waals surface area contributed by atoms with Gasteiger partial charge in [-0.25, -0.2) is 4.98 Å². The molecule has 1 unspecified atom stereocenters. The van der Waals surface area contributed by atoms with Crippen molar-refractivity contribution in [1.82, 2.24) is 10.3 Å². The third-order valence-corrected chi connectivity index (χ3v) is 6.11. The number of para-hydroxylation sites is 1. The molecule has 1 aromatic heterocycles. The molecule has 0 spiro atoms. The zero-order valence-electron chi connectivity index (χ0n) is 18.3. The number of esters is 1. The van der Waals surface area contributed by atoms with E-state index in [0.717, 1.165) is 21.9 Å². The summed E-state index contributed by atoms with van der Waals surface area (Å²) < 4.78 is 21.4. The van der Waals surface area contributed by atoms with E-state index in [2.05, 4.69) is 10.3 Å². The van der Waals surface area contributed by atoms with Crippen molar-refractivity contribution in [3.05, 3.63) is 59.1 Å². The van der Waals surface area contributed by atoms with Gasteiger partial charge in [0, 0.05) is 22.9 Å². The van der Waals surface area contributed by atoms with Crippen molar-refractivity contribution >= 4 is 23.2 Å². The van der Waals surface area contributed by atoms with Crippen LogP contribution >= 0.6 is 11.3 Å². The van der Waals surface area contributed by atoms with Crippen LogP contribution in [0.4, 0.5) is 0 Å². The fourth-order valence-corrected chi connectivity index (χ4v) is 4.38. The van der Waals surface area contributed by atoms with Gasteiger partial charge in [0.1, 0.15) is 10.8 Å². The number of hydrogen-bond acceptors (Lipinski definition) is 8. The number of methoxy groups -OCH3 is 2. The number of nitrogens with zero attached hydrogens (tertiary/aromatic N) is 1. The van der Waals surface area contributed by atoms with E-state index in [9.17, 15) is 9.59 Å². The Morgan fingerprint density at radius 2 is 1.97 bits per heavy atom. The summed E-state index contributed by atoms with van der Waals surface area (Å²) in [4.78, 5) is 29.1. The van der Waals surface area contributed by atoms with Gasteiger partial charge < -0.3 is 24.3 Å². The van der Waals surface area contributed by atoms with Gasteiger partial charge in [0.15, 0.2) is 18.1 Å². The predicted octanol–water partition coefficient (Wildman–Crippen LogP) is 3.55. The van der Waals surface area contributed by atoms with Crippen LogP contribution in [0.3, 0.4) is 0 Å². The van der Waals surface area contributed by atoms with E-state index in [1.165, 1.54) is 11.3 Å². The summed E-state index contributed by atoms with van der Waals surface area (Å²) in [5.74, 6) is 1.13. The number of aromatic nitrogens is 1. The van der Waals surface area contributed by atoms with Crippen molar-refractivity contribution in [2.45, 2.75) is 18.9 Å². The highest BCUT2D eigenvalue weighted by Gasteiger charge is 2.23. The number of benzene rings is 2. The molecule has 1 N–H and O–H groups in total. The summed E-state index contributed by atoms with van der Waals surface area (Å²) in [6.07, 6.45) is 0.644. The smallest absolute Gasteiger partial charge is 0.312 e. The molecule has 172 valence electrons. The lowest BCUT2D eigenvalue weighted by Gasteiger charge is -2.26. The zero-order valence-corrected chi connectivity index (χ0v) is 19.1. The minimum Gasteiger partial charge on any atom is -0.493 e. The molecule has 1 aliphatic heterocycles. The largest absolute Gasteiger partial charge is 0.493 e. The van der Waals surface area contributed by atoms with Gasteiger partial charge in [-0.3, -0.25) is 9.59 Å². The molecule has 2 aromatic carbocycles. The molecule has 9 heteroatoms. The monoisotopic (exact) mass is 468 g/mol. The lowest BCUT2D eigenvalue weighted by molar-refractivity contribution is -0.148. The first-order valence-corrected chi connectivity index (χ1v) is 11.3. The second-order valence-corrected chi connectivity index (χ2v) is 8.20. The molecule has 2 heterocycles. The van der Waals surface area contributed by atoms with Crippen molar-refractivity contribution < 1.29 is 28.5 Å². The Bertz CT molecular complexity index is 1150. The number of ether oxygens (including phenoxy) is 4. The number of hydrogen-bond donors (Lipinski definition) is 1. The highest BCUT2D eigenvalue weighted by atomic mass is 32.1. The molecule has 1 atom stereocenters. The van der Waals surface area contributed by atoms with Crippen LogP contribution in [-0.4, -0.2) is 44.3 Å². The summed E-state index contributed by atoms with van der Waals surface area (Å²) in [6, 6.07) is 12.9. The Morgan fingerprint density at radius 1 is 1.15 bits per heavy atom. The van der Waals surface area contributed by atoms with Crippen molar-refractivity contribution in [3.8, 4) is 27.8 Å². The molecule has 0 radical (unpaired) electrons. The van der Waals surface area contributed by atoms with E-state index in [-0.39, 0.29) is 25.0 Å². The minimum absolute atomic E-state index is 0.0167. The topological polar surface area (TPSA) is 96.0 Å². The summed E-state index contributed by atoms with van der Waals surface area (Å²) in [6.45, 7) is 0.180. The number of amides is 1. The first-order valence-electron chi connectivity index (χ1n) is 10.4. The lowest BCUT2D eigenvalue weighted by Crippen LogP contribution is -2.35. The van der Waals surface area contributed by atoms with Gasteiger partial charge >= 0.3 is 5.97 Å². The maximum Gasteiger partial charge on any atom is 0.312 e. The van der Waals surface area contributed by atoms with Crippen molar-refractivity contribution in [2.75, 3.05) is 27.4 Å². The van der Waals surface area contributed by atoms with E-state index in [0.29, 0.717) is 30.2 Å². The molecule has 1 aliphatic rings. The molecule has 0 aliphatic carbocycles. The summed E-state index contributed by atoms with van der Waals surface area (Å²) in [5, 5.41) is 5.45. The SMILES string of the molecule is COc1ccc(-c2nc(CC(=O)OCC(=O)NC3CCOc4ccccc43)cs2)cc1OC. The number of rotatable bonds is 8. The Balaban J connectivity index is 1.29. The highest BCUT2D eigenvalue weighted by Crippen LogP contribution is 2.34. The Labute approximate surface area is 195 Å². The van der Waals surface area contributed by atoms with Crippen LogP contribution in [0.2, 0.25) is 0 Å². The lowest BCUT2D eigenvalue weighted by atomic mass is 10.0. The Kier molecular flexibility index (Phi) is 7.09. The predicted molar refractivity (Wildman–Crippen MR) is 123 cm³/mol. The third-order valence-electron chi connectivity index (χ3n) is 5.17. The van der Waals surface area contributed by atoms with Crippen LogP contribution in [0.15, 0.2) is 47.8 Å². The van der Waals surface area contributed by atoms with Crippen LogP contribution in [-0.2, 0) is 20.7 Å². The van der Waals surface area contributed by atoms with Gasteiger partial charge in [-0.05, 0) is 24.3 Å². The molecule has 8 nitrogen and oxygen atoms in total. The van der Waals surface area contributed by atoms with Gasteiger partial charge in [-0.2, -0.15) is 0 Å².